The number of amides is 1. The Morgan fingerprint density at radius 3 is 2.41 bits per heavy atom. The summed E-state index contributed by atoms with van der Waals surface area (Å²) in [5.41, 5.74) is 0.431. The second-order valence-corrected chi connectivity index (χ2v) is 6.39. The van der Waals surface area contributed by atoms with Gasteiger partial charge in [0.05, 0.1) is 11.5 Å². The molecule has 0 saturated heterocycles. The van der Waals surface area contributed by atoms with Gasteiger partial charge in [0.2, 0.25) is 10.0 Å². The zero-order valence-electron chi connectivity index (χ0n) is 12.9. The first-order valence-corrected chi connectivity index (χ1v) is 8.51. The van der Waals surface area contributed by atoms with Gasteiger partial charge >= 0.3 is 0 Å². The average Bonchev–Trinajstić information content (AvgIpc) is 2.51. The zero-order valence-corrected chi connectivity index (χ0v) is 13.7. The van der Waals surface area contributed by atoms with Crippen molar-refractivity contribution in [1.82, 2.24) is 15.4 Å². The SMILES string of the molecule is CNCCCNC(=O)c1ccc(S(=O)(=O)NCCOC)cc1. The highest BCUT2D eigenvalue weighted by Crippen LogP contribution is 2.10. The first kappa shape index (κ1) is 18.6. The third-order valence-corrected chi connectivity index (χ3v) is 4.39. The van der Waals surface area contributed by atoms with Gasteiger partial charge in [-0.15, -0.1) is 0 Å². The Hall–Kier alpha value is -1.48. The minimum Gasteiger partial charge on any atom is -0.383 e. The smallest absolute Gasteiger partial charge is 0.251 e. The highest BCUT2D eigenvalue weighted by atomic mass is 32.2. The van der Waals surface area contributed by atoms with Crippen molar-refractivity contribution >= 4 is 15.9 Å². The number of hydrogen-bond donors (Lipinski definition) is 3. The molecular formula is C14H23N3O4S. The van der Waals surface area contributed by atoms with Crippen LogP contribution in [-0.2, 0) is 14.8 Å². The summed E-state index contributed by atoms with van der Waals surface area (Å²) >= 11 is 0. The van der Waals surface area contributed by atoms with Gasteiger partial charge in [0.1, 0.15) is 0 Å². The number of nitrogens with one attached hydrogen (secondary N) is 3. The van der Waals surface area contributed by atoms with E-state index in [0.29, 0.717) is 18.7 Å². The summed E-state index contributed by atoms with van der Waals surface area (Å²) in [5, 5.41) is 5.77. The molecule has 1 aromatic carbocycles. The molecule has 1 amide bonds. The van der Waals surface area contributed by atoms with Gasteiger partial charge < -0.3 is 15.4 Å². The van der Waals surface area contributed by atoms with Crippen LogP contribution in [-0.4, -0.2) is 54.7 Å². The molecule has 0 aromatic heterocycles. The van der Waals surface area contributed by atoms with E-state index in [0.717, 1.165) is 13.0 Å². The van der Waals surface area contributed by atoms with E-state index in [-0.39, 0.29) is 17.3 Å². The van der Waals surface area contributed by atoms with Crippen molar-refractivity contribution < 1.29 is 17.9 Å². The van der Waals surface area contributed by atoms with Crippen LogP contribution >= 0.6 is 0 Å². The normalized spacial score (nSPS) is 11.4. The van der Waals surface area contributed by atoms with E-state index < -0.39 is 10.0 Å². The molecule has 8 heteroatoms. The van der Waals surface area contributed by atoms with Crippen LogP contribution in [0.25, 0.3) is 0 Å². The molecule has 7 nitrogen and oxygen atoms in total. The van der Waals surface area contributed by atoms with Crippen LogP contribution in [0, 0.1) is 0 Å². The van der Waals surface area contributed by atoms with Crippen molar-refractivity contribution in [2.75, 3.05) is 40.4 Å². The van der Waals surface area contributed by atoms with Gasteiger partial charge in [0, 0.05) is 25.8 Å². The molecular weight excluding hydrogens is 306 g/mol. The van der Waals surface area contributed by atoms with Crippen molar-refractivity contribution in [3.05, 3.63) is 29.8 Å². The molecule has 124 valence electrons. The van der Waals surface area contributed by atoms with E-state index in [1.165, 1.54) is 31.4 Å². The number of hydrogen-bond acceptors (Lipinski definition) is 5. The van der Waals surface area contributed by atoms with E-state index in [4.69, 9.17) is 4.74 Å². The largest absolute Gasteiger partial charge is 0.383 e. The predicted molar refractivity (Wildman–Crippen MR) is 84.4 cm³/mol. The highest BCUT2D eigenvalue weighted by Gasteiger charge is 2.14. The zero-order chi connectivity index (χ0) is 16.4. The molecule has 22 heavy (non-hydrogen) atoms. The van der Waals surface area contributed by atoms with Crippen molar-refractivity contribution in [1.29, 1.82) is 0 Å². The fourth-order valence-corrected chi connectivity index (χ4v) is 2.73. The van der Waals surface area contributed by atoms with Crippen LogP contribution in [0.1, 0.15) is 16.8 Å². The maximum Gasteiger partial charge on any atom is 0.251 e. The number of carbonyl (C=O) groups is 1. The maximum absolute atomic E-state index is 12.0. The van der Waals surface area contributed by atoms with E-state index in [2.05, 4.69) is 15.4 Å². The first-order chi connectivity index (χ1) is 10.5. The van der Waals surface area contributed by atoms with Gasteiger partial charge in [0.15, 0.2) is 0 Å². The third kappa shape index (κ3) is 6.10. The topological polar surface area (TPSA) is 96.5 Å². The summed E-state index contributed by atoms with van der Waals surface area (Å²) < 4.78 is 31.1. The lowest BCUT2D eigenvalue weighted by Crippen LogP contribution is -2.28. The van der Waals surface area contributed by atoms with Crippen LogP contribution in [0.15, 0.2) is 29.2 Å². The van der Waals surface area contributed by atoms with Crippen molar-refractivity contribution in [3.63, 3.8) is 0 Å². The average molecular weight is 329 g/mol. The summed E-state index contributed by atoms with van der Waals surface area (Å²) in [6, 6.07) is 5.83. The predicted octanol–water partition coefficient (Wildman–Crippen LogP) is -0.0494. The Bertz CT molecular complexity index is 558. The van der Waals surface area contributed by atoms with E-state index >= 15 is 0 Å². The Morgan fingerprint density at radius 1 is 1.14 bits per heavy atom. The summed E-state index contributed by atoms with van der Waals surface area (Å²) in [5.74, 6) is -0.215. The minimum atomic E-state index is -3.57. The van der Waals surface area contributed by atoms with Gasteiger partial charge in [-0.3, -0.25) is 4.79 Å². The Balaban J connectivity index is 2.60. The lowest BCUT2D eigenvalue weighted by atomic mass is 10.2. The molecule has 0 bridgehead atoms. The summed E-state index contributed by atoms with van der Waals surface area (Å²) in [6.07, 6.45) is 0.831. The monoisotopic (exact) mass is 329 g/mol. The fourth-order valence-electron chi connectivity index (χ4n) is 1.72. The van der Waals surface area contributed by atoms with Gasteiger partial charge in [0.25, 0.3) is 5.91 Å². The molecule has 0 saturated carbocycles. The first-order valence-electron chi connectivity index (χ1n) is 7.02. The van der Waals surface area contributed by atoms with E-state index in [1.54, 1.807) is 0 Å². The molecule has 0 fully saturated rings. The molecule has 0 aliphatic heterocycles. The fraction of sp³-hybridized carbons (Fsp3) is 0.500. The number of benzene rings is 1. The summed E-state index contributed by atoms with van der Waals surface area (Å²) in [4.78, 5) is 12.0. The molecule has 0 unspecified atom stereocenters. The number of methoxy groups -OCH3 is 1. The Labute approximate surface area is 131 Å². The van der Waals surface area contributed by atoms with Crippen molar-refractivity contribution in [2.45, 2.75) is 11.3 Å². The highest BCUT2D eigenvalue weighted by molar-refractivity contribution is 7.89. The van der Waals surface area contributed by atoms with Gasteiger partial charge in [-0.25, -0.2) is 13.1 Å². The van der Waals surface area contributed by atoms with Crippen LogP contribution in [0.5, 0.6) is 0 Å². The van der Waals surface area contributed by atoms with E-state index in [1.807, 2.05) is 7.05 Å². The van der Waals surface area contributed by atoms with Crippen LogP contribution < -0.4 is 15.4 Å². The lowest BCUT2D eigenvalue weighted by molar-refractivity contribution is 0.0953. The summed E-state index contributed by atoms with van der Waals surface area (Å²) in [6.45, 7) is 1.89. The standard InChI is InChI=1S/C14H23N3O4S/c1-15-8-3-9-16-14(18)12-4-6-13(7-5-12)22(19,20)17-10-11-21-2/h4-7,15,17H,3,8-11H2,1-2H3,(H,16,18). The summed E-state index contributed by atoms with van der Waals surface area (Å²) in [7, 11) is -0.222. The lowest BCUT2D eigenvalue weighted by Gasteiger charge is -2.08. The van der Waals surface area contributed by atoms with Crippen LogP contribution in [0.3, 0.4) is 0 Å². The van der Waals surface area contributed by atoms with Gasteiger partial charge in [-0.2, -0.15) is 0 Å². The molecule has 0 aliphatic carbocycles. The molecule has 0 radical (unpaired) electrons. The number of rotatable bonds is 10. The molecule has 1 aromatic rings. The third-order valence-electron chi connectivity index (χ3n) is 2.91. The van der Waals surface area contributed by atoms with Crippen LogP contribution in [0.2, 0.25) is 0 Å². The minimum absolute atomic E-state index is 0.121. The van der Waals surface area contributed by atoms with Gasteiger partial charge in [-0.05, 0) is 44.3 Å². The molecule has 1 rings (SSSR count). The second-order valence-electron chi connectivity index (χ2n) is 4.63. The van der Waals surface area contributed by atoms with Crippen molar-refractivity contribution in [2.24, 2.45) is 0 Å². The quantitative estimate of drug-likeness (QED) is 0.523. The number of ether oxygens (including phenoxy) is 1. The second kappa shape index (κ2) is 9.52. The Kier molecular flexibility index (Phi) is 8.03. The number of sulfonamides is 1. The molecule has 0 heterocycles. The Morgan fingerprint density at radius 2 is 1.82 bits per heavy atom. The number of carbonyl (C=O) groups excluding carboxylic acids is 1. The molecule has 0 atom stereocenters. The van der Waals surface area contributed by atoms with E-state index in [9.17, 15) is 13.2 Å². The molecule has 0 spiro atoms. The maximum atomic E-state index is 12.0. The van der Waals surface area contributed by atoms with Crippen LogP contribution in [0.4, 0.5) is 0 Å². The van der Waals surface area contributed by atoms with Crippen molar-refractivity contribution in [3.8, 4) is 0 Å². The van der Waals surface area contributed by atoms with Gasteiger partial charge in [-0.1, -0.05) is 0 Å². The molecule has 0 aliphatic rings. The molecule has 3 N–H and O–H groups in total.